The number of aliphatic hydroxyl groups is 1. The number of hydrogen-bond acceptors (Lipinski definition) is 12. The minimum atomic E-state index is -1.39. The van der Waals surface area contributed by atoms with Gasteiger partial charge in [0.25, 0.3) is 0 Å². The Morgan fingerprint density at radius 2 is 1.65 bits per heavy atom. The van der Waals surface area contributed by atoms with E-state index >= 15 is 0 Å². The van der Waals surface area contributed by atoms with E-state index in [-0.39, 0.29) is 11.7 Å². The summed E-state index contributed by atoms with van der Waals surface area (Å²) >= 11 is 1.40. The first kappa shape index (κ1) is 31.9. The lowest BCUT2D eigenvalue weighted by molar-refractivity contribution is -0.325. The van der Waals surface area contributed by atoms with Gasteiger partial charge in [0, 0.05) is 26.5 Å². The number of rotatable bonds is 10. The molecule has 222 valence electrons. The summed E-state index contributed by atoms with van der Waals surface area (Å²) < 4.78 is 33.5. The topological polar surface area (TPSA) is 144 Å². The fraction of sp³-hybridized carbons (Fsp3) is 0.643. The van der Waals surface area contributed by atoms with Crippen LogP contribution in [0.4, 0.5) is 0 Å². The number of carbonyl (C=O) groups is 4. The van der Waals surface area contributed by atoms with Crippen molar-refractivity contribution in [2.45, 2.75) is 102 Å². The zero-order valence-corrected chi connectivity index (χ0v) is 24.3. The third kappa shape index (κ3) is 8.18. The van der Waals surface area contributed by atoms with Crippen molar-refractivity contribution in [2.24, 2.45) is 0 Å². The van der Waals surface area contributed by atoms with Gasteiger partial charge in [-0.1, -0.05) is 37.1 Å². The van der Waals surface area contributed by atoms with Crippen LogP contribution in [0.5, 0.6) is 0 Å². The number of benzene rings is 1. The molecule has 0 amide bonds. The zero-order valence-electron chi connectivity index (χ0n) is 23.5. The van der Waals surface area contributed by atoms with Crippen LogP contribution in [-0.2, 0) is 59.0 Å². The van der Waals surface area contributed by atoms with E-state index in [4.69, 9.17) is 28.4 Å². The van der Waals surface area contributed by atoms with Crippen LogP contribution >= 0.6 is 11.8 Å². The molecule has 1 aromatic rings. The van der Waals surface area contributed by atoms with Crippen LogP contribution in [0.3, 0.4) is 0 Å². The second-order valence-corrected chi connectivity index (χ2v) is 11.0. The number of esters is 4. The summed E-state index contributed by atoms with van der Waals surface area (Å²) in [4.78, 5) is 47.3. The van der Waals surface area contributed by atoms with Crippen LogP contribution in [-0.4, -0.2) is 78.7 Å². The largest absolute Gasteiger partial charge is 0.468 e. The maximum atomic E-state index is 12.1. The van der Waals surface area contributed by atoms with Crippen LogP contribution in [0.25, 0.3) is 0 Å². The molecule has 11 nitrogen and oxygen atoms in total. The number of hydrogen-bond donors (Lipinski definition) is 1. The first-order valence-corrected chi connectivity index (χ1v) is 14.4. The van der Waals surface area contributed by atoms with Gasteiger partial charge in [0.2, 0.25) is 0 Å². The van der Waals surface area contributed by atoms with Crippen molar-refractivity contribution in [3.63, 3.8) is 0 Å². The van der Waals surface area contributed by atoms with E-state index in [0.29, 0.717) is 24.2 Å². The minimum absolute atomic E-state index is 0.212. The molecule has 2 aliphatic rings. The zero-order chi connectivity index (χ0) is 29.4. The molecule has 40 heavy (non-hydrogen) atoms. The van der Waals surface area contributed by atoms with Crippen molar-refractivity contribution in [2.75, 3.05) is 12.9 Å². The van der Waals surface area contributed by atoms with Gasteiger partial charge < -0.3 is 33.5 Å². The summed E-state index contributed by atoms with van der Waals surface area (Å²) in [6.07, 6.45) is -3.79. The molecule has 1 aromatic carbocycles. The number of carbonyl (C=O) groups excluding carboxylic acids is 4. The molecule has 1 saturated heterocycles. The second kappa shape index (κ2) is 14.3. The van der Waals surface area contributed by atoms with Crippen molar-refractivity contribution in [3.05, 3.63) is 35.4 Å². The highest BCUT2D eigenvalue weighted by Gasteiger charge is 2.53. The van der Waals surface area contributed by atoms with Crippen LogP contribution in [0.15, 0.2) is 24.3 Å². The van der Waals surface area contributed by atoms with Gasteiger partial charge in [0.05, 0.1) is 25.1 Å². The van der Waals surface area contributed by atoms with E-state index in [1.165, 1.54) is 39.6 Å². The molecule has 0 bridgehead atoms. The summed E-state index contributed by atoms with van der Waals surface area (Å²) in [5.74, 6) is -1.51. The highest BCUT2D eigenvalue weighted by molar-refractivity contribution is 7.99. The quantitative estimate of drug-likeness (QED) is 0.320. The Kier molecular flexibility index (Phi) is 11.4. The lowest BCUT2D eigenvalue weighted by Gasteiger charge is -2.47. The summed E-state index contributed by atoms with van der Waals surface area (Å²) in [5.41, 5.74) is 0.178. The smallest absolute Gasteiger partial charge is 0.315 e. The first-order chi connectivity index (χ1) is 18.9. The first-order valence-electron chi connectivity index (χ1n) is 13.2. The molecule has 0 spiro atoms. The van der Waals surface area contributed by atoms with Crippen LogP contribution in [0.1, 0.15) is 64.5 Å². The van der Waals surface area contributed by atoms with Gasteiger partial charge in [0.15, 0.2) is 24.6 Å². The Bertz CT molecular complexity index is 1060. The molecular formula is C28H38O11S. The predicted octanol–water partition coefficient (Wildman–Crippen LogP) is 2.78. The third-order valence-electron chi connectivity index (χ3n) is 6.88. The Labute approximate surface area is 238 Å². The standard InChI is InChI=1S/C28H38O11S/c1-16-24(36-17(2)29)25(37-18(3)30)26(38-19(4)31)27(35-16)39-22-11-6-7-12-28(22,33)21-10-8-9-20(13-21)14-40-15-23(32)34-5/h8-10,13,16,22,24-27,33H,6-7,11-12,14-15H2,1-5H3/t16-,22+,24+,25+,26-,27-,28+/m0/s1. The Balaban J connectivity index is 1.88. The lowest BCUT2D eigenvalue weighted by atomic mass is 9.77. The summed E-state index contributed by atoms with van der Waals surface area (Å²) in [5, 5.41) is 12.0. The molecule has 1 saturated carbocycles. The van der Waals surface area contributed by atoms with Crippen molar-refractivity contribution in [3.8, 4) is 0 Å². The van der Waals surface area contributed by atoms with Crippen molar-refractivity contribution >= 4 is 35.6 Å². The van der Waals surface area contributed by atoms with E-state index < -0.39 is 60.3 Å². The normalized spacial score (nSPS) is 30.1. The summed E-state index contributed by atoms with van der Waals surface area (Å²) in [6.45, 7) is 5.24. The van der Waals surface area contributed by atoms with Gasteiger partial charge in [-0.05, 0) is 30.9 Å². The van der Waals surface area contributed by atoms with Gasteiger partial charge in [-0.25, -0.2) is 0 Å². The van der Waals surface area contributed by atoms with Gasteiger partial charge in [-0.15, -0.1) is 11.8 Å². The van der Waals surface area contributed by atoms with Gasteiger partial charge in [-0.2, -0.15) is 0 Å². The predicted molar refractivity (Wildman–Crippen MR) is 143 cm³/mol. The van der Waals surface area contributed by atoms with E-state index in [9.17, 15) is 24.3 Å². The Morgan fingerprint density at radius 1 is 1.00 bits per heavy atom. The number of thioether (sulfide) groups is 1. The highest BCUT2D eigenvalue weighted by Crippen LogP contribution is 2.42. The van der Waals surface area contributed by atoms with E-state index in [1.54, 1.807) is 6.92 Å². The van der Waals surface area contributed by atoms with Gasteiger partial charge in [-0.3, -0.25) is 19.2 Å². The molecule has 12 heteroatoms. The van der Waals surface area contributed by atoms with Crippen LogP contribution in [0, 0.1) is 0 Å². The average Bonchev–Trinajstić information content (AvgIpc) is 2.89. The van der Waals surface area contributed by atoms with Gasteiger partial charge in [0.1, 0.15) is 5.60 Å². The molecule has 0 unspecified atom stereocenters. The van der Waals surface area contributed by atoms with Crippen molar-refractivity contribution < 1.29 is 52.7 Å². The maximum Gasteiger partial charge on any atom is 0.315 e. The molecule has 1 N–H and O–H groups in total. The summed E-state index contributed by atoms with van der Waals surface area (Å²) in [6, 6.07) is 7.46. The molecule has 0 aromatic heterocycles. The fourth-order valence-electron chi connectivity index (χ4n) is 5.12. The van der Waals surface area contributed by atoms with E-state index in [1.807, 2.05) is 24.3 Å². The van der Waals surface area contributed by atoms with Crippen molar-refractivity contribution in [1.29, 1.82) is 0 Å². The maximum absolute atomic E-state index is 12.1. The van der Waals surface area contributed by atoms with E-state index in [0.717, 1.165) is 18.4 Å². The average molecular weight is 583 g/mol. The molecular weight excluding hydrogens is 544 g/mol. The number of ether oxygens (including phenoxy) is 6. The lowest BCUT2D eigenvalue weighted by Crippen LogP contribution is -2.62. The minimum Gasteiger partial charge on any atom is -0.468 e. The second-order valence-electron chi connectivity index (χ2n) is 10.00. The molecule has 7 atom stereocenters. The van der Waals surface area contributed by atoms with E-state index in [2.05, 4.69) is 0 Å². The third-order valence-corrected chi connectivity index (χ3v) is 7.86. The molecule has 1 aliphatic carbocycles. The molecule has 1 heterocycles. The number of methoxy groups -OCH3 is 1. The Hall–Kier alpha value is -2.67. The SMILES string of the molecule is COC(=O)CSCc1cccc([C@]2(O)CCCC[C@H]2O[C@@H]2O[C@@H](C)[C@@H](OC(C)=O)[C@@H](OC(C)=O)[C@@H]2OC(C)=O)c1. The van der Waals surface area contributed by atoms with Gasteiger partial charge >= 0.3 is 23.9 Å². The monoisotopic (exact) mass is 582 g/mol. The molecule has 2 fully saturated rings. The van der Waals surface area contributed by atoms with Crippen LogP contribution in [0.2, 0.25) is 0 Å². The summed E-state index contributed by atoms with van der Waals surface area (Å²) in [7, 11) is 1.34. The van der Waals surface area contributed by atoms with Crippen LogP contribution < -0.4 is 0 Å². The molecule has 3 rings (SSSR count). The highest BCUT2D eigenvalue weighted by atomic mass is 32.2. The fourth-order valence-corrected chi connectivity index (χ4v) is 5.92. The van der Waals surface area contributed by atoms with Crippen molar-refractivity contribution in [1.82, 2.24) is 0 Å². The molecule has 1 aliphatic heterocycles. The molecule has 0 radical (unpaired) electrons. The Morgan fingerprint density at radius 3 is 2.30 bits per heavy atom.